The van der Waals surface area contributed by atoms with Crippen molar-refractivity contribution < 1.29 is 27.5 Å². The Hall–Kier alpha value is -2.35. The molecular weight excluding hydrogens is 427 g/mol. The normalized spacial score (nSPS) is 13.9. The van der Waals surface area contributed by atoms with Gasteiger partial charge in [-0.25, -0.2) is 0 Å². The smallest absolute Gasteiger partial charge is 0.416 e. The molecular formula is C19H15BrF3NO3. The van der Waals surface area contributed by atoms with Crippen molar-refractivity contribution >= 4 is 27.7 Å². The van der Waals surface area contributed by atoms with Crippen LogP contribution < -0.4 is 4.74 Å². The molecule has 2 aromatic carbocycles. The van der Waals surface area contributed by atoms with Gasteiger partial charge in [0.1, 0.15) is 5.75 Å². The van der Waals surface area contributed by atoms with Crippen molar-refractivity contribution in [2.75, 3.05) is 13.2 Å². The van der Waals surface area contributed by atoms with Crippen LogP contribution in [0.15, 0.2) is 46.9 Å². The average Bonchev–Trinajstić information content (AvgIpc) is 2.87. The van der Waals surface area contributed by atoms with E-state index in [-0.39, 0.29) is 29.4 Å². The SMILES string of the molecule is O=C1c2ccccc2C(=O)N1CCCCOc1ccc(C(F)(F)F)cc1Br. The number of benzene rings is 2. The third-order valence-electron chi connectivity index (χ3n) is 4.17. The summed E-state index contributed by atoms with van der Waals surface area (Å²) in [5.41, 5.74) is 0.0622. The number of ether oxygens (including phenoxy) is 1. The Morgan fingerprint density at radius 3 is 2.15 bits per heavy atom. The summed E-state index contributed by atoms with van der Waals surface area (Å²) >= 11 is 3.07. The van der Waals surface area contributed by atoms with E-state index < -0.39 is 11.7 Å². The van der Waals surface area contributed by atoms with E-state index in [0.717, 1.165) is 12.1 Å². The summed E-state index contributed by atoms with van der Waals surface area (Å²) in [4.78, 5) is 25.7. The highest BCUT2D eigenvalue weighted by Gasteiger charge is 2.34. The van der Waals surface area contributed by atoms with Gasteiger partial charge in [0.05, 0.1) is 27.8 Å². The second-order valence-electron chi connectivity index (χ2n) is 6.01. The lowest BCUT2D eigenvalue weighted by Crippen LogP contribution is -2.30. The standard InChI is InChI=1S/C19H15BrF3NO3/c20-15-11-12(19(21,22)23)7-8-16(15)27-10-4-3-9-24-17(25)13-5-1-2-6-14(13)18(24)26/h1-2,5-8,11H,3-4,9-10H2. The summed E-state index contributed by atoms with van der Waals surface area (Å²) in [6.45, 7) is 0.525. The third-order valence-corrected chi connectivity index (χ3v) is 4.79. The van der Waals surface area contributed by atoms with Gasteiger partial charge in [-0.2, -0.15) is 13.2 Å². The van der Waals surface area contributed by atoms with Crippen LogP contribution in [0.1, 0.15) is 39.1 Å². The molecule has 0 radical (unpaired) electrons. The van der Waals surface area contributed by atoms with Gasteiger partial charge in [0, 0.05) is 6.54 Å². The van der Waals surface area contributed by atoms with Gasteiger partial charge < -0.3 is 4.74 Å². The number of fused-ring (bicyclic) bond motifs is 1. The number of alkyl halides is 3. The summed E-state index contributed by atoms with van der Waals surface area (Å²) in [6, 6.07) is 9.86. The van der Waals surface area contributed by atoms with Gasteiger partial charge in [0.15, 0.2) is 0 Å². The fourth-order valence-corrected chi connectivity index (χ4v) is 3.28. The molecule has 0 saturated heterocycles. The van der Waals surface area contributed by atoms with E-state index in [0.29, 0.717) is 29.7 Å². The molecule has 0 unspecified atom stereocenters. The Balaban J connectivity index is 1.48. The molecule has 0 fully saturated rings. The molecule has 0 atom stereocenters. The molecule has 4 nitrogen and oxygen atoms in total. The molecule has 0 aliphatic carbocycles. The highest BCUT2D eigenvalue weighted by atomic mass is 79.9. The molecule has 2 aromatic rings. The average molecular weight is 442 g/mol. The van der Waals surface area contributed by atoms with E-state index in [4.69, 9.17) is 4.74 Å². The number of nitrogens with zero attached hydrogens (tertiary/aromatic N) is 1. The lowest BCUT2D eigenvalue weighted by Gasteiger charge is -2.14. The maximum Gasteiger partial charge on any atom is 0.416 e. The van der Waals surface area contributed by atoms with Gasteiger partial charge in [0.2, 0.25) is 0 Å². The van der Waals surface area contributed by atoms with Gasteiger partial charge in [-0.15, -0.1) is 0 Å². The number of imide groups is 1. The van der Waals surface area contributed by atoms with E-state index >= 15 is 0 Å². The van der Waals surface area contributed by atoms with E-state index in [9.17, 15) is 22.8 Å². The number of amides is 2. The molecule has 0 saturated carbocycles. The molecule has 8 heteroatoms. The first-order valence-corrected chi connectivity index (χ1v) is 9.03. The summed E-state index contributed by atoms with van der Waals surface area (Å²) in [6.07, 6.45) is -3.34. The molecule has 0 spiro atoms. The van der Waals surface area contributed by atoms with E-state index in [1.807, 2.05) is 0 Å². The highest BCUT2D eigenvalue weighted by molar-refractivity contribution is 9.10. The number of hydrogen-bond donors (Lipinski definition) is 0. The lowest BCUT2D eigenvalue weighted by atomic mass is 10.1. The van der Waals surface area contributed by atoms with Crippen LogP contribution in [0.4, 0.5) is 13.2 Å². The summed E-state index contributed by atoms with van der Waals surface area (Å²) in [5.74, 6) is -0.298. The minimum absolute atomic E-state index is 0.220. The van der Waals surface area contributed by atoms with E-state index in [2.05, 4.69) is 15.9 Å². The fraction of sp³-hybridized carbons (Fsp3) is 0.263. The molecule has 0 aromatic heterocycles. The van der Waals surface area contributed by atoms with Gasteiger partial charge in [-0.05, 0) is 59.1 Å². The van der Waals surface area contributed by atoms with Crippen molar-refractivity contribution in [3.63, 3.8) is 0 Å². The molecule has 0 N–H and O–H groups in total. The van der Waals surface area contributed by atoms with E-state index in [1.54, 1.807) is 24.3 Å². The number of halogens is 4. The minimum Gasteiger partial charge on any atom is -0.492 e. The largest absolute Gasteiger partial charge is 0.492 e. The Bertz CT molecular complexity index is 848. The Labute approximate surface area is 162 Å². The minimum atomic E-state index is -4.41. The molecule has 1 aliphatic heterocycles. The maximum atomic E-state index is 12.6. The second-order valence-corrected chi connectivity index (χ2v) is 6.86. The first kappa shape index (κ1) is 19.4. The predicted octanol–water partition coefficient (Wildman–Crippen LogP) is 4.92. The van der Waals surface area contributed by atoms with Crippen molar-refractivity contribution in [2.45, 2.75) is 19.0 Å². The van der Waals surface area contributed by atoms with Crippen molar-refractivity contribution in [1.82, 2.24) is 4.90 Å². The predicted molar refractivity (Wildman–Crippen MR) is 95.7 cm³/mol. The van der Waals surface area contributed by atoms with Gasteiger partial charge in [0.25, 0.3) is 11.8 Å². The summed E-state index contributed by atoms with van der Waals surface area (Å²) in [7, 11) is 0. The van der Waals surface area contributed by atoms with Crippen LogP contribution >= 0.6 is 15.9 Å². The van der Waals surface area contributed by atoms with Gasteiger partial charge in [-0.1, -0.05) is 12.1 Å². The molecule has 0 bridgehead atoms. The first-order chi connectivity index (χ1) is 12.8. The quantitative estimate of drug-likeness (QED) is 0.471. The van der Waals surface area contributed by atoms with Crippen LogP contribution in [0.5, 0.6) is 5.75 Å². The van der Waals surface area contributed by atoms with Crippen LogP contribution in [-0.2, 0) is 6.18 Å². The molecule has 27 heavy (non-hydrogen) atoms. The van der Waals surface area contributed by atoms with Crippen molar-refractivity contribution in [3.8, 4) is 5.75 Å². The monoisotopic (exact) mass is 441 g/mol. The van der Waals surface area contributed by atoms with Crippen LogP contribution in [0.3, 0.4) is 0 Å². The zero-order chi connectivity index (χ0) is 19.6. The number of carbonyl (C=O) groups excluding carboxylic acids is 2. The van der Waals surface area contributed by atoms with Crippen LogP contribution in [0.2, 0.25) is 0 Å². The van der Waals surface area contributed by atoms with Crippen molar-refractivity contribution in [3.05, 3.63) is 63.6 Å². The Morgan fingerprint density at radius 2 is 1.59 bits per heavy atom. The molecule has 1 heterocycles. The summed E-state index contributed by atoms with van der Waals surface area (Å²) in [5, 5.41) is 0. The molecule has 2 amide bonds. The molecule has 1 aliphatic rings. The van der Waals surface area contributed by atoms with Crippen LogP contribution in [0, 0.1) is 0 Å². The Kier molecular flexibility index (Phi) is 5.55. The number of hydrogen-bond acceptors (Lipinski definition) is 3. The van der Waals surface area contributed by atoms with Gasteiger partial charge >= 0.3 is 6.18 Å². The number of unbranched alkanes of at least 4 members (excludes halogenated alkanes) is 1. The van der Waals surface area contributed by atoms with Crippen molar-refractivity contribution in [1.29, 1.82) is 0 Å². The third kappa shape index (κ3) is 4.16. The highest BCUT2D eigenvalue weighted by Crippen LogP contribution is 2.35. The van der Waals surface area contributed by atoms with Crippen molar-refractivity contribution in [2.24, 2.45) is 0 Å². The van der Waals surface area contributed by atoms with Gasteiger partial charge in [-0.3, -0.25) is 14.5 Å². The Morgan fingerprint density at radius 1 is 0.963 bits per heavy atom. The first-order valence-electron chi connectivity index (χ1n) is 8.24. The molecule has 142 valence electrons. The number of rotatable bonds is 6. The lowest BCUT2D eigenvalue weighted by molar-refractivity contribution is -0.137. The van der Waals surface area contributed by atoms with Crippen LogP contribution in [-0.4, -0.2) is 29.9 Å². The van der Waals surface area contributed by atoms with Crippen LogP contribution in [0.25, 0.3) is 0 Å². The topological polar surface area (TPSA) is 46.6 Å². The maximum absolute atomic E-state index is 12.6. The molecule has 3 rings (SSSR count). The zero-order valence-corrected chi connectivity index (χ0v) is 15.6. The number of carbonyl (C=O) groups is 2. The summed E-state index contributed by atoms with van der Waals surface area (Å²) < 4.78 is 43.6. The van der Waals surface area contributed by atoms with E-state index in [1.165, 1.54) is 11.0 Å². The fourth-order valence-electron chi connectivity index (χ4n) is 2.79. The zero-order valence-electron chi connectivity index (χ0n) is 14.1. The second kappa shape index (κ2) is 7.72.